The van der Waals surface area contributed by atoms with Crippen molar-refractivity contribution in [2.75, 3.05) is 0 Å². The Morgan fingerprint density at radius 3 is 1.27 bits per heavy atom. The Hall–Kier alpha value is -6.52. The molecule has 0 aliphatic heterocycles. The molecule has 0 radical (unpaired) electrons. The molecule has 4 heterocycles. The van der Waals surface area contributed by atoms with E-state index in [1.165, 1.54) is 75.9 Å². The van der Waals surface area contributed by atoms with E-state index in [-0.39, 0.29) is 0 Å². The maximum Gasteiger partial charge on any atom is 0.0704 e. The molecule has 4 aromatic heterocycles. The summed E-state index contributed by atoms with van der Waals surface area (Å²) in [5.41, 5.74) is 14.3. The molecule has 0 amide bonds. The molecule has 8 rings (SSSR count). The molecule has 0 fully saturated rings. The minimum atomic E-state index is 1.05. The van der Waals surface area contributed by atoms with Gasteiger partial charge < -0.3 is 0 Å². The van der Waals surface area contributed by atoms with Crippen molar-refractivity contribution in [1.29, 1.82) is 0 Å². The number of hydrogen-bond acceptors (Lipinski definition) is 4. The second-order valence-corrected chi connectivity index (χ2v) is 14.5. The molecule has 0 spiro atoms. The van der Waals surface area contributed by atoms with Gasteiger partial charge in [-0.15, -0.1) is 0 Å². The molecule has 0 unspecified atom stereocenters. The van der Waals surface area contributed by atoms with Gasteiger partial charge in [-0.05, 0) is 90.8 Å². The fraction of sp³-hybridized carbons (Fsp3) is 0.302. The third kappa shape index (κ3) is 23.5. The van der Waals surface area contributed by atoms with Gasteiger partial charge in [0.05, 0.1) is 11.4 Å². The van der Waals surface area contributed by atoms with E-state index in [1.807, 2.05) is 135 Å². The normalized spacial score (nSPS) is 9.31. The largest absolute Gasteiger partial charge is 0.264 e. The predicted molar refractivity (Wildman–Crippen MR) is 295 cm³/mol. The summed E-state index contributed by atoms with van der Waals surface area (Å²) in [6, 6.07) is 55.9. The average Bonchev–Trinajstić information content (AvgIpc) is 3.43. The summed E-state index contributed by atoms with van der Waals surface area (Å²) in [4.78, 5) is 17.5. The number of pyridine rings is 4. The molecule has 0 aliphatic rings. The third-order valence-electron chi connectivity index (χ3n) is 9.86. The standard InChI is InChI=1S/C17H21N.C14H15N.C13H13N.C11H9N.4C2H6/c1-2-3-4-6-9-15-12-13-17(18-14-15)16-10-7-5-8-11-16;1-2-6-14-10-9-13(11-15-14)12-7-4-3-5-8-12;1-10-8-13(14-9-11(10)2)12-6-4-3-5-7-12;1-2-5-10(6-3-1)11-7-4-8-12-9-11;4*1-2/h5,7-8,10-14H,2-4,6,9H2,1H3;3-5,7-11H,2,6H2,1H3;3-9H,1-2H3;1-9H;4*1-2H3. The lowest BCUT2D eigenvalue weighted by molar-refractivity contribution is 0.666. The van der Waals surface area contributed by atoms with Gasteiger partial charge in [0.1, 0.15) is 0 Å². The van der Waals surface area contributed by atoms with Gasteiger partial charge in [-0.3, -0.25) is 19.9 Å². The molecule has 0 N–H and O–H groups in total. The molecule has 354 valence electrons. The zero-order valence-corrected chi connectivity index (χ0v) is 43.2. The van der Waals surface area contributed by atoms with Crippen molar-refractivity contribution in [3.63, 3.8) is 0 Å². The molecule has 0 saturated carbocycles. The van der Waals surface area contributed by atoms with Crippen molar-refractivity contribution in [1.82, 2.24) is 19.9 Å². The Morgan fingerprint density at radius 2 is 0.836 bits per heavy atom. The summed E-state index contributed by atoms with van der Waals surface area (Å²) in [5.74, 6) is 0. The molecule has 4 nitrogen and oxygen atoms in total. The third-order valence-corrected chi connectivity index (χ3v) is 9.86. The van der Waals surface area contributed by atoms with E-state index in [9.17, 15) is 0 Å². The Labute approximate surface area is 408 Å². The minimum absolute atomic E-state index is 1.05. The molecule has 0 bridgehead atoms. The maximum absolute atomic E-state index is 4.55. The average molecular weight is 895 g/mol. The lowest BCUT2D eigenvalue weighted by Crippen LogP contribution is -1.89. The molecule has 0 aliphatic carbocycles. The molecule has 4 heteroatoms. The quantitative estimate of drug-likeness (QED) is 0.121. The zero-order valence-electron chi connectivity index (χ0n) is 43.2. The first kappa shape index (κ1) is 58.5. The SMILES string of the molecule is CC.CC.CC.CC.CCCCCCc1ccc(-c2ccccc2)nc1.CCCc1ccc(-c2ccccc2)cn1.Cc1cnc(-c2ccccc2)cc1C.c1ccc(-c2cccnc2)cc1. The van der Waals surface area contributed by atoms with E-state index in [1.54, 1.807) is 6.20 Å². The lowest BCUT2D eigenvalue weighted by atomic mass is 10.1. The molecule has 67 heavy (non-hydrogen) atoms. The van der Waals surface area contributed by atoms with Crippen LogP contribution in [0.4, 0.5) is 0 Å². The highest BCUT2D eigenvalue weighted by atomic mass is 14.7. The summed E-state index contributed by atoms with van der Waals surface area (Å²) in [7, 11) is 0. The number of nitrogens with zero attached hydrogens (tertiary/aromatic N) is 4. The van der Waals surface area contributed by atoms with Gasteiger partial charge >= 0.3 is 0 Å². The van der Waals surface area contributed by atoms with Crippen molar-refractivity contribution < 1.29 is 0 Å². The number of aryl methyl sites for hydroxylation is 4. The van der Waals surface area contributed by atoms with Crippen molar-refractivity contribution in [2.45, 2.75) is 128 Å². The first-order valence-electron chi connectivity index (χ1n) is 25.0. The van der Waals surface area contributed by atoms with Crippen LogP contribution in [0.3, 0.4) is 0 Å². The summed E-state index contributed by atoms with van der Waals surface area (Å²) in [5, 5.41) is 0. The monoisotopic (exact) mass is 895 g/mol. The highest BCUT2D eigenvalue weighted by Crippen LogP contribution is 2.21. The molecule has 0 atom stereocenters. The van der Waals surface area contributed by atoms with Gasteiger partial charge in [0, 0.05) is 53.4 Å². The van der Waals surface area contributed by atoms with Crippen LogP contribution in [0.5, 0.6) is 0 Å². The Bertz CT molecular complexity index is 2260. The zero-order chi connectivity index (χ0) is 49.3. The van der Waals surface area contributed by atoms with Gasteiger partial charge in [0.25, 0.3) is 0 Å². The highest BCUT2D eigenvalue weighted by molar-refractivity contribution is 5.63. The first-order chi connectivity index (χ1) is 33.0. The van der Waals surface area contributed by atoms with Gasteiger partial charge in [0.15, 0.2) is 0 Å². The van der Waals surface area contributed by atoms with Gasteiger partial charge in [0.2, 0.25) is 0 Å². The number of rotatable bonds is 11. The topological polar surface area (TPSA) is 51.6 Å². The number of hydrogen-bond donors (Lipinski definition) is 0. The van der Waals surface area contributed by atoms with Crippen molar-refractivity contribution in [3.8, 4) is 44.8 Å². The van der Waals surface area contributed by atoms with Crippen LogP contribution in [0.2, 0.25) is 0 Å². The minimum Gasteiger partial charge on any atom is -0.264 e. The van der Waals surface area contributed by atoms with E-state index >= 15 is 0 Å². The van der Waals surface area contributed by atoms with Gasteiger partial charge in [-0.2, -0.15) is 0 Å². The second-order valence-electron chi connectivity index (χ2n) is 14.5. The van der Waals surface area contributed by atoms with E-state index in [2.05, 4.69) is 157 Å². The molecular weight excluding hydrogens is 813 g/mol. The predicted octanol–water partition coefficient (Wildman–Crippen LogP) is 18.8. The molecule has 0 saturated heterocycles. The van der Waals surface area contributed by atoms with Crippen LogP contribution in [-0.2, 0) is 12.8 Å². The van der Waals surface area contributed by atoms with Crippen LogP contribution in [0, 0.1) is 13.8 Å². The van der Waals surface area contributed by atoms with E-state index in [4.69, 9.17) is 0 Å². The summed E-state index contributed by atoms with van der Waals surface area (Å²) in [6.45, 7) is 24.6. The van der Waals surface area contributed by atoms with Crippen LogP contribution < -0.4 is 0 Å². The van der Waals surface area contributed by atoms with Crippen LogP contribution in [0.25, 0.3) is 44.8 Å². The van der Waals surface area contributed by atoms with E-state index in [0.29, 0.717) is 0 Å². The maximum atomic E-state index is 4.55. The smallest absolute Gasteiger partial charge is 0.0704 e. The van der Waals surface area contributed by atoms with Crippen LogP contribution in [0.15, 0.2) is 195 Å². The van der Waals surface area contributed by atoms with E-state index in [0.717, 1.165) is 36.2 Å². The number of benzene rings is 4. The first-order valence-corrected chi connectivity index (χ1v) is 25.0. The van der Waals surface area contributed by atoms with Crippen molar-refractivity contribution in [2.24, 2.45) is 0 Å². The molecular formula is C63H82N4. The Kier molecular flexibility index (Phi) is 33.8. The summed E-state index contributed by atoms with van der Waals surface area (Å²) in [6.07, 6.45) is 18.2. The van der Waals surface area contributed by atoms with Crippen LogP contribution in [0.1, 0.15) is 124 Å². The lowest BCUT2D eigenvalue weighted by Gasteiger charge is -2.03. The van der Waals surface area contributed by atoms with Crippen molar-refractivity contribution in [3.05, 3.63) is 217 Å². The summed E-state index contributed by atoms with van der Waals surface area (Å²) >= 11 is 0. The van der Waals surface area contributed by atoms with Crippen LogP contribution in [-0.4, -0.2) is 19.9 Å². The number of aromatic nitrogens is 4. The van der Waals surface area contributed by atoms with Gasteiger partial charge in [-0.1, -0.05) is 234 Å². The fourth-order valence-corrected chi connectivity index (χ4v) is 6.29. The van der Waals surface area contributed by atoms with E-state index < -0.39 is 0 Å². The highest BCUT2D eigenvalue weighted by Gasteiger charge is 2.01. The van der Waals surface area contributed by atoms with Gasteiger partial charge in [-0.25, -0.2) is 0 Å². The molecule has 4 aromatic carbocycles. The number of unbranched alkanes of at least 4 members (excludes halogenated alkanes) is 3. The fourth-order valence-electron chi connectivity index (χ4n) is 6.29. The Morgan fingerprint density at radius 1 is 0.343 bits per heavy atom. The van der Waals surface area contributed by atoms with Crippen molar-refractivity contribution >= 4 is 0 Å². The Balaban J connectivity index is 0.000000428. The molecule has 8 aromatic rings. The second kappa shape index (κ2) is 38.7. The summed E-state index contributed by atoms with van der Waals surface area (Å²) < 4.78 is 0. The van der Waals surface area contributed by atoms with Crippen LogP contribution >= 0.6 is 0 Å².